The molecule has 0 spiro atoms. The first-order valence-corrected chi connectivity index (χ1v) is 21.5. The van der Waals surface area contributed by atoms with Crippen molar-refractivity contribution in [2.45, 2.75) is 134 Å². The normalized spacial score (nSPS) is 10.3. The summed E-state index contributed by atoms with van der Waals surface area (Å²) in [6, 6.07) is 37.0. The second-order valence-electron chi connectivity index (χ2n) is 16.7. The molecule has 0 amide bonds. The standard InChI is InChI=1S/4C14H17.2ClH.2Zr/c4*1-4-5-12-8-13-6-10(2)11(3)7-14(13)9-12;;;;/h4*6-9H,4-5H2,1-3H3;2*1H;;/q4*-1;;;2*+2/p-2. The van der Waals surface area contributed by atoms with E-state index in [1.54, 1.807) is 0 Å². The molecule has 60 heavy (non-hydrogen) atoms. The van der Waals surface area contributed by atoms with E-state index in [1.165, 1.54) is 161 Å². The topological polar surface area (TPSA) is 0 Å². The molecule has 0 aliphatic rings. The Morgan fingerprint density at radius 1 is 0.283 bits per heavy atom. The van der Waals surface area contributed by atoms with Crippen LogP contribution >= 0.6 is 0 Å². The molecule has 0 unspecified atom stereocenters. The molecule has 0 bridgehead atoms. The van der Waals surface area contributed by atoms with Gasteiger partial charge >= 0.3 is 52.4 Å². The summed E-state index contributed by atoms with van der Waals surface area (Å²) < 4.78 is 0. The van der Waals surface area contributed by atoms with Crippen molar-refractivity contribution in [2.75, 3.05) is 0 Å². The number of halogens is 2. The largest absolute Gasteiger partial charge is 2.00 e. The number of benzene rings is 4. The van der Waals surface area contributed by atoms with Crippen molar-refractivity contribution in [3.8, 4) is 0 Å². The van der Waals surface area contributed by atoms with Crippen molar-refractivity contribution in [1.29, 1.82) is 0 Å². The van der Waals surface area contributed by atoms with Crippen LogP contribution in [0.2, 0.25) is 0 Å². The summed E-state index contributed by atoms with van der Waals surface area (Å²) in [5, 5.41) is 11.2. The van der Waals surface area contributed by atoms with Crippen LogP contribution in [0.5, 0.6) is 0 Å². The number of fused-ring (bicyclic) bond motifs is 4. The smallest absolute Gasteiger partial charge is 1.00 e. The van der Waals surface area contributed by atoms with Gasteiger partial charge in [0.05, 0.1) is 0 Å². The van der Waals surface area contributed by atoms with Gasteiger partial charge in [0.1, 0.15) is 0 Å². The Hall–Kier alpha value is -2.33. The van der Waals surface area contributed by atoms with Crippen molar-refractivity contribution in [3.05, 3.63) is 164 Å². The van der Waals surface area contributed by atoms with Gasteiger partial charge in [0.15, 0.2) is 0 Å². The van der Waals surface area contributed by atoms with Crippen molar-refractivity contribution >= 4 is 43.1 Å². The van der Waals surface area contributed by atoms with Gasteiger partial charge in [-0.3, -0.25) is 0 Å². The number of hydrogen-bond donors (Lipinski definition) is 0. The molecule has 0 aliphatic heterocycles. The average Bonchev–Trinajstić information content (AvgIpc) is 3.92. The third kappa shape index (κ3) is 14.9. The van der Waals surface area contributed by atoms with E-state index in [2.05, 4.69) is 180 Å². The van der Waals surface area contributed by atoms with E-state index >= 15 is 0 Å². The molecule has 0 aromatic heterocycles. The molecule has 0 aliphatic carbocycles. The summed E-state index contributed by atoms with van der Waals surface area (Å²) in [6.07, 6.45) is 9.73. The van der Waals surface area contributed by atoms with Crippen LogP contribution in [0, 0.1) is 55.4 Å². The fourth-order valence-corrected chi connectivity index (χ4v) is 7.94. The van der Waals surface area contributed by atoms with Gasteiger partial charge in [-0.15, -0.1) is 138 Å². The van der Waals surface area contributed by atoms with E-state index in [0.29, 0.717) is 0 Å². The second-order valence-corrected chi connectivity index (χ2v) is 16.7. The molecule has 0 radical (unpaired) electrons. The molecular weight excluding hydrogens is 926 g/mol. The summed E-state index contributed by atoms with van der Waals surface area (Å²) in [5.41, 5.74) is 17.1. The molecular formula is C56H68Cl2Zr2-2. The first kappa shape index (κ1) is 55.7. The molecule has 0 saturated heterocycles. The number of rotatable bonds is 8. The zero-order valence-electron chi connectivity index (χ0n) is 38.7. The Bertz CT molecular complexity index is 2010. The van der Waals surface area contributed by atoms with Gasteiger partial charge < -0.3 is 24.8 Å². The quantitative estimate of drug-likeness (QED) is 0.133. The monoisotopic (exact) mass is 990 g/mol. The van der Waals surface area contributed by atoms with E-state index in [1.807, 2.05) is 0 Å². The summed E-state index contributed by atoms with van der Waals surface area (Å²) in [7, 11) is 0. The Morgan fingerprint density at radius 3 is 0.617 bits per heavy atom. The van der Waals surface area contributed by atoms with Crippen LogP contribution in [-0.2, 0) is 78.1 Å². The van der Waals surface area contributed by atoms with E-state index < -0.39 is 0 Å². The van der Waals surface area contributed by atoms with Crippen LogP contribution in [0.15, 0.2) is 97.1 Å². The van der Waals surface area contributed by atoms with Gasteiger partial charge in [0.2, 0.25) is 0 Å². The first-order valence-electron chi connectivity index (χ1n) is 21.5. The second kappa shape index (κ2) is 26.3. The average molecular weight is 995 g/mol. The fourth-order valence-electron chi connectivity index (χ4n) is 7.94. The van der Waals surface area contributed by atoms with Crippen molar-refractivity contribution in [2.24, 2.45) is 0 Å². The van der Waals surface area contributed by atoms with Gasteiger partial charge in [-0.1, -0.05) is 97.9 Å². The third-order valence-corrected chi connectivity index (χ3v) is 11.7. The van der Waals surface area contributed by atoms with E-state index in [9.17, 15) is 0 Å². The third-order valence-electron chi connectivity index (χ3n) is 11.7. The maximum absolute atomic E-state index is 2.32. The zero-order valence-corrected chi connectivity index (χ0v) is 45.1. The van der Waals surface area contributed by atoms with E-state index in [4.69, 9.17) is 0 Å². The molecule has 0 nitrogen and oxygen atoms in total. The molecule has 0 N–H and O–H groups in total. The number of aryl methyl sites for hydroxylation is 12. The molecule has 4 heteroatoms. The Kier molecular flexibility index (Phi) is 24.4. The van der Waals surface area contributed by atoms with E-state index in [-0.39, 0.29) is 77.2 Å². The molecule has 8 rings (SSSR count). The predicted molar refractivity (Wildman–Crippen MR) is 252 cm³/mol. The minimum Gasteiger partial charge on any atom is -1.00 e. The van der Waals surface area contributed by atoms with Gasteiger partial charge in [-0.05, 0) is 81.1 Å². The molecule has 0 fully saturated rings. The summed E-state index contributed by atoms with van der Waals surface area (Å²) in [4.78, 5) is 0. The predicted octanol–water partition coefficient (Wildman–Crippen LogP) is 10.5. The molecule has 316 valence electrons. The fraction of sp³-hybridized carbons (Fsp3) is 0.357. The summed E-state index contributed by atoms with van der Waals surface area (Å²) in [5.74, 6) is 0. The van der Waals surface area contributed by atoms with Crippen molar-refractivity contribution < 1.29 is 77.2 Å². The van der Waals surface area contributed by atoms with Gasteiger partial charge in [-0.25, -0.2) is 0 Å². The Morgan fingerprint density at radius 2 is 0.450 bits per heavy atom. The SMILES string of the molecule is CCCc1cc2cc(C)c(C)cc2[cH-]1.CCCc1cc2cc(C)c(C)cc2[cH-]1.CCCc1cc2cc(C)c(C)cc2[cH-]1.CCCc1cc2cc(C)c(C)cc2[cH-]1.[Cl-].[Cl-].[Zr+2].[Zr+2]. The maximum atomic E-state index is 2.32. The molecule has 8 aromatic rings. The van der Waals surface area contributed by atoms with Crippen LogP contribution < -0.4 is 24.8 Å². The Labute approximate surface area is 414 Å². The maximum Gasteiger partial charge on any atom is 2.00 e. The van der Waals surface area contributed by atoms with Crippen LogP contribution in [0.3, 0.4) is 0 Å². The van der Waals surface area contributed by atoms with Crippen LogP contribution in [-0.4, -0.2) is 0 Å². The minimum atomic E-state index is 0. The Balaban J connectivity index is 0.000000391. The van der Waals surface area contributed by atoms with E-state index in [0.717, 1.165) is 0 Å². The van der Waals surface area contributed by atoms with Gasteiger partial charge in [0.25, 0.3) is 0 Å². The zero-order chi connectivity index (χ0) is 40.5. The van der Waals surface area contributed by atoms with Crippen LogP contribution in [0.4, 0.5) is 0 Å². The molecule has 8 aromatic carbocycles. The van der Waals surface area contributed by atoms with Crippen molar-refractivity contribution in [3.63, 3.8) is 0 Å². The van der Waals surface area contributed by atoms with Crippen molar-refractivity contribution in [1.82, 2.24) is 0 Å². The van der Waals surface area contributed by atoms with Crippen LogP contribution in [0.25, 0.3) is 43.1 Å². The summed E-state index contributed by atoms with van der Waals surface area (Å²) in [6.45, 7) is 26.4. The van der Waals surface area contributed by atoms with Gasteiger partial charge in [0, 0.05) is 0 Å². The minimum absolute atomic E-state index is 0. The molecule has 0 heterocycles. The molecule has 0 saturated carbocycles. The first-order chi connectivity index (χ1) is 26.8. The number of hydrogen-bond acceptors (Lipinski definition) is 0. The van der Waals surface area contributed by atoms with Gasteiger partial charge in [-0.2, -0.15) is 24.3 Å². The van der Waals surface area contributed by atoms with Crippen LogP contribution in [0.1, 0.15) is 120 Å². The molecule has 0 atom stereocenters. The summed E-state index contributed by atoms with van der Waals surface area (Å²) >= 11 is 0.